The lowest BCUT2D eigenvalue weighted by Gasteiger charge is -2.14. The second-order valence-electron chi connectivity index (χ2n) is 6.47. The maximum atomic E-state index is 13.3. The Kier molecular flexibility index (Phi) is 7.43. The van der Waals surface area contributed by atoms with Crippen LogP contribution in [0, 0.1) is 14.3 Å². The topological polar surface area (TPSA) is 77.7 Å². The summed E-state index contributed by atoms with van der Waals surface area (Å²) in [5, 5.41) is 0. The molecule has 0 bridgehead atoms. The molecule has 2 aromatic carbocycles. The molecule has 0 aliphatic carbocycles. The van der Waals surface area contributed by atoms with Gasteiger partial charge in [0.25, 0.3) is 0 Å². The Morgan fingerprint density at radius 1 is 0.759 bits per heavy atom. The summed E-state index contributed by atoms with van der Waals surface area (Å²) in [6.07, 6.45) is 0.280. The molecule has 0 radical (unpaired) electrons. The van der Waals surface area contributed by atoms with Gasteiger partial charge in [0, 0.05) is 0 Å². The summed E-state index contributed by atoms with van der Waals surface area (Å²) >= 11 is 8.44. The average molecular weight is 866 g/mol. The highest BCUT2D eigenvalue weighted by Crippen LogP contribution is 2.36. The monoisotopic (exact) mass is 866 g/mol. The van der Waals surface area contributed by atoms with Gasteiger partial charge in [-0.2, -0.15) is 0 Å². The van der Waals surface area contributed by atoms with Crippen LogP contribution in [0.2, 0.25) is 0 Å². The molecule has 2 atom stereocenters. The van der Waals surface area contributed by atoms with Crippen LogP contribution in [0.25, 0.3) is 0 Å². The first kappa shape index (κ1) is 23.0. The third-order valence-electron chi connectivity index (χ3n) is 4.20. The number of epoxide rings is 2. The van der Waals surface area contributed by atoms with Crippen molar-refractivity contribution in [2.75, 3.05) is 26.4 Å². The highest BCUT2D eigenvalue weighted by atomic mass is 127. The van der Waals surface area contributed by atoms with Crippen LogP contribution >= 0.6 is 90.4 Å². The molecule has 2 saturated heterocycles. The fourth-order valence-electron chi connectivity index (χ4n) is 2.48. The van der Waals surface area contributed by atoms with Crippen LogP contribution in [0.15, 0.2) is 34.1 Å². The van der Waals surface area contributed by atoms with Gasteiger partial charge >= 0.3 is 0 Å². The highest BCUT2D eigenvalue weighted by Gasteiger charge is 2.27. The van der Waals surface area contributed by atoms with E-state index < -0.39 is 9.84 Å². The molecule has 0 N–H and O–H groups in total. The molecular weight excluding hydrogens is 852 g/mol. The van der Waals surface area contributed by atoms with E-state index in [2.05, 4.69) is 90.4 Å². The lowest BCUT2D eigenvalue weighted by molar-refractivity contribution is 0.260. The number of halogens is 4. The average Bonchev–Trinajstić information content (AvgIpc) is 3.54. The van der Waals surface area contributed by atoms with Crippen LogP contribution in [0.5, 0.6) is 11.5 Å². The first-order valence-electron chi connectivity index (χ1n) is 8.47. The summed E-state index contributed by atoms with van der Waals surface area (Å²) in [5.41, 5.74) is 0. The maximum Gasteiger partial charge on any atom is 0.206 e. The molecular formula is C18H14I4O6S. The zero-order chi connectivity index (χ0) is 20.8. The molecule has 0 unspecified atom stereocenters. The van der Waals surface area contributed by atoms with E-state index in [1.54, 1.807) is 24.3 Å². The van der Waals surface area contributed by atoms with Crippen molar-refractivity contribution in [1.29, 1.82) is 0 Å². The van der Waals surface area contributed by atoms with Crippen molar-refractivity contribution in [3.8, 4) is 11.5 Å². The molecule has 11 heteroatoms. The lowest BCUT2D eigenvalue weighted by Crippen LogP contribution is -2.10. The van der Waals surface area contributed by atoms with Crippen LogP contribution in [0.3, 0.4) is 0 Å². The van der Waals surface area contributed by atoms with E-state index in [1.807, 2.05) is 0 Å². The minimum atomic E-state index is -3.68. The molecule has 2 fully saturated rings. The number of rotatable bonds is 8. The molecule has 2 aromatic rings. The highest BCUT2D eigenvalue weighted by molar-refractivity contribution is 14.1. The summed E-state index contributed by atoms with van der Waals surface area (Å²) in [4.78, 5) is 0.487. The van der Waals surface area contributed by atoms with Gasteiger partial charge < -0.3 is 18.9 Å². The van der Waals surface area contributed by atoms with Crippen molar-refractivity contribution < 1.29 is 27.4 Å². The van der Waals surface area contributed by atoms with Gasteiger partial charge in [-0.1, -0.05) is 0 Å². The fraction of sp³-hybridized carbons (Fsp3) is 0.333. The van der Waals surface area contributed by atoms with Gasteiger partial charge in [0.1, 0.15) is 36.9 Å². The van der Waals surface area contributed by atoms with Gasteiger partial charge in [-0.3, -0.25) is 0 Å². The Labute approximate surface area is 223 Å². The van der Waals surface area contributed by atoms with Gasteiger partial charge in [0.2, 0.25) is 9.84 Å². The van der Waals surface area contributed by atoms with Crippen molar-refractivity contribution in [3.05, 3.63) is 38.5 Å². The van der Waals surface area contributed by atoms with E-state index in [4.69, 9.17) is 18.9 Å². The minimum absolute atomic E-state index is 0.140. The third kappa shape index (κ3) is 5.61. The normalized spacial score (nSPS) is 20.4. The quantitative estimate of drug-likeness (QED) is 0.288. The fourth-order valence-corrected chi connectivity index (χ4v) is 8.84. The van der Waals surface area contributed by atoms with Crippen LogP contribution in [-0.4, -0.2) is 47.1 Å². The van der Waals surface area contributed by atoms with Crippen LogP contribution in [0.1, 0.15) is 0 Å². The second-order valence-corrected chi connectivity index (χ2v) is 13.1. The third-order valence-corrected chi connectivity index (χ3v) is 9.11. The zero-order valence-electron chi connectivity index (χ0n) is 14.7. The molecule has 0 saturated carbocycles. The summed E-state index contributed by atoms with van der Waals surface area (Å²) in [7, 11) is -3.68. The van der Waals surface area contributed by atoms with Crippen molar-refractivity contribution in [2.45, 2.75) is 22.0 Å². The second kappa shape index (κ2) is 9.36. The number of hydrogen-bond acceptors (Lipinski definition) is 6. The van der Waals surface area contributed by atoms with Crippen LogP contribution < -0.4 is 9.47 Å². The van der Waals surface area contributed by atoms with Gasteiger partial charge in [0.15, 0.2) is 0 Å². The number of ether oxygens (including phenoxy) is 4. The SMILES string of the molecule is O=S(=O)(c1cc(I)c(OC[C@@H]2CO2)c(I)c1)c1cc(I)c(OC[C@@H]2CO2)c(I)c1. The molecule has 0 spiro atoms. The van der Waals surface area contributed by atoms with Gasteiger partial charge in [-0.05, 0) is 115 Å². The van der Waals surface area contributed by atoms with E-state index >= 15 is 0 Å². The minimum Gasteiger partial charge on any atom is -0.489 e. The van der Waals surface area contributed by atoms with Crippen molar-refractivity contribution in [1.82, 2.24) is 0 Å². The molecule has 29 heavy (non-hydrogen) atoms. The van der Waals surface area contributed by atoms with E-state index in [0.717, 1.165) is 14.3 Å². The zero-order valence-corrected chi connectivity index (χ0v) is 24.1. The van der Waals surface area contributed by atoms with Gasteiger partial charge in [-0.25, -0.2) is 8.42 Å². The molecule has 0 aromatic heterocycles. The Morgan fingerprint density at radius 2 is 1.07 bits per heavy atom. The van der Waals surface area contributed by atoms with Crippen molar-refractivity contribution in [2.24, 2.45) is 0 Å². The molecule has 2 heterocycles. The standard InChI is InChI=1S/C18H14I4O6S/c19-13-1-11(2-14(20)17(13)27-7-9-5-25-9)29(23,24)12-3-15(21)18(16(22)4-12)28-8-10-6-26-10/h1-4,9-10H,5-8H2/t9-,10-/m0/s1. The largest absolute Gasteiger partial charge is 0.489 e. The molecule has 0 amide bonds. The molecule has 156 valence electrons. The van der Waals surface area contributed by atoms with Crippen LogP contribution in [0.4, 0.5) is 0 Å². The van der Waals surface area contributed by atoms with Gasteiger partial charge in [0.05, 0.1) is 37.3 Å². The first-order valence-corrected chi connectivity index (χ1v) is 14.3. The predicted molar refractivity (Wildman–Crippen MR) is 140 cm³/mol. The summed E-state index contributed by atoms with van der Waals surface area (Å²) in [6, 6.07) is 6.59. The number of sulfone groups is 1. The van der Waals surface area contributed by atoms with E-state index in [1.165, 1.54) is 0 Å². The molecule has 2 aliphatic heterocycles. The Balaban J connectivity index is 1.61. The summed E-state index contributed by atoms with van der Waals surface area (Å²) in [6.45, 7) is 2.37. The molecule has 6 nitrogen and oxygen atoms in total. The first-order chi connectivity index (χ1) is 13.8. The van der Waals surface area contributed by atoms with E-state index in [-0.39, 0.29) is 22.0 Å². The van der Waals surface area contributed by atoms with Crippen LogP contribution in [-0.2, 0) is 19.3 Å². The maximum absolute atomic E-state index is 13.3. The molecule has 2 aliphatic rings. The smallest absolute Gasteiger partial charge is 0.206 e. The lowest BCUT2D eigenvalue weighted by atomic mass is 10.3. The Bertz CT molecular complexity index is 927. The van der Waals surface area contributed by atoms with E-state index in [0.29, 0.717) is 37.9 Å². The Hall–Kier alpha value is 0.830. The molecule has 4 rings (SSSR count). The number of hydrogen-bond donors (Lipinski definition) is 0. The summed E-state index contributed by atoms with van der Waals surface area (Å²) in [5.74, 6) is 1.38. The van der Waals surface area contributed by atoms with Crippen molar-refractivity contribution in [3.63, 3.8) is 0 Å². The van der Waals surface area contributed by atoms with Crippen molar-refractivity contribution >= 4 is 100 Å². The Morgan fingerprint density at radius 3 is 1.34 bits per heavy atom. The number of benzene rings is 2. The van der Waals surface area contributed by atoms with E-state index in [9.17, 15) is 8.42 Å². The summed E-state index contributed by atoms with van der Waals surface area (Å²) < 4.78 is 51.5. The predicted octanol–water partition coefficient (Wildman–Crippen LogP) is 4.49. The van der Waals surface area contributed by atoms with Gasteiger partial charge in [-0.15, -0.1) is 0 Å².